The van der Waals surface area contributed by atoms with Gasteiger partial charge in [0.05, 0.1) is 17.8 Å². The molecule has 0 saturated carbocycles. The molecule has 1 fully saturated rings. The molecule has 3 heterocycles. The Hall–Kier alpha value is -2.91. The van der Waals surface area contributed by atoms with Crippen LogP contribution < -0.4 is 20.7 Å². The quantitative estimate of drug-likeness (QED) is 0.479. The summed E-state index contributed by atoms with van der Waals surface area (Å²) in [6.45, 7) is 10.7. The fraction of sp³-hybridized carbons (Fsp3) is 0.500. The summed E-state index contributed by atoms with van der Waals surface area (Å²) in [4.78, 5) is 27.6. The highest BCUT2D eigenvalue weighted by atomic mass is 32.1. The first kappa shape index (κ1) is 25.2. The van der Waals surface area contributed by atoms with E-state index in [1.807, 2.05) is 46.4 Å². The van der Waals surface area contributed by atoms with Gasteiger partial charge in [-0.3, -0.25) is 9.36 Å². The first-order chi connectivity index (χ1) is 16.9. The predicted molar refractivity (Wildman–Crippen MR) is 145 cm³/mol. The predicted octanol–water partition coefficient (Wildman–Crippen LogP) is 4.03. The average molecular weight is 497 g/mol. The Bertz CT molecular complexity index is 1210. The van der Waals surface area contributed by atoms with E-state index >= 15 is 0 Å². The zero-order valence-corrected chi connectivity index (χ0v) is 22.4. The van der Waals surface area contributed by atoms with E-state index in [2.05, 4.69) is 45.2 Å². The van der Waals surface area contributed by atoms with Gasteiger partial charge in [-0.1, -0.05) is 6.92 Å². The highest BCUT2D eigenvalue weighted by Gasteiger charge is 2.35. The van der Waals surface area contributed by atoms with Crippen molar-refractivity contribution in [3.63, 3.8) is 0 Å². The summed E-state index contributed by atoms with van der Waals surface area (Å²) in [5.41, 5.74) is 4.54. The van der Waals surface area contributed by atoms with Crippen LogP contribution in [0, 0.1) is 6.92 Å². The molecule has 0 spiro atoms. The summed E-state index contributed by atoms with van der Waals surface area (Å²) >= 11 is 1.62. The summed E-state index contributed by atoms with van der Waals surface area (Å²) in [5, 5.41) is 6.52. The molecule has 2 unspecified atom stereocenters. The van der Waals surface area contributed by atoms with E-state index in [4.69, 9.17) is 9.72 Å². The molecule has 188 valence electrons. The molecule has 1 aliphatic heterocycles. The third-order valence-electron chi connectivity index (χ3n) is 6.53. The molecule has 1 N–H and O–H groups in total. The molecular weight excluding hydrogens is 460 g/mol. The maximum absolute atomic E-state index is 13.8. The lowest BCUT2D eigenvalue weighted by Crippen LogP contribution is -2.38. The molecular formula is C26H36N6O2S. The average Bonchev–Trinajstić information content (AvgIpc) is 3.51. The zero-order chi connectivity index (χ0) is 25.1. The monoisotopic (exact) mass is 496 g/mol. The van der Waals surface area contributed by atoms with Crippen LogP contribution in [0.2, 0.25) is 0 Å². The van der Waals surface area contributed by atoms with Crippen molar-refractivity contribution in [1.82, 2.24) is 14.5 Å². The number of aryl methyl sites for hydroxylation is 2. The fourth-order valence-corrected chi connectivity index (χ4v) is 5.35. The number of nitrogens with one attached hydrogen (secondary N) is 1. The molecule has 2 aromatic heterocycles. The molecule has 3 aromatic rings. The first-order valence-electron chi connectivity index (χ1n) is 12.3. The topological polar surface area (TPSA) is 75.5 Å². The number of aromatic nitrogens is 3. The van der Waals surface area contributed by atoms with E-state index in [9.17, 15) is 4.79 Å². The van der Waals surface area contributed by atoms with Crippen LogP contribution in [0.25, 0.3) is 11.4 Å². The van der Waals surface area contributed by atoms with Crippen LogP contribution in [0.3, 0.4) is 0 Å². The lowest BCUT2D eigenvalue weighted by molar-refractivity contribution is 0.0720. The Kier molecular flexibility index (Phi) is 7.76. The van der Waals surface area contributed by atoms with Crippen LogP contribution in [0.15, 0.2) is 34.6 Å². The second-order valence-electron chi connectivity index (χ2n) is 9.02. The van der Waals surface area contributed by atoms with Gasteiger partial charge in [-0.05, 0) is 51.0 Å². The minimum atomic E-state index is -0.0384. The number of hydrogen-bond donors (Lipinski definition) is 1. The van der Waals surface area contributed by atoms with Crippen LogP contribution in [0.5, 0.6) is 0 Å². The second-order valence-corrected chi connectivity index (χ2v) is 9.89. The smallest absolute Gasteiger partial charge is 0.277 e. The van der Waals surface area contributed by atoms with Crippen molar-refractivity contribution in [3.05, 3.63) is 51.4 Å². The largest absolute Gasteiger partial charge is 0.378 e. The van der Waals surface area contributed by atoms with E-state index in [0.29, 0.717) is 25.3 Å². The van der Waals surface area contributed by atoms with Gasteiger partial charge < -0.3 is 19.9 Å². The Labute approximate surface area is 211 Å². The number of anilines is 3. The molecule has 1 aromatic carbocycles. The molecule has 1 saturated heterocycles. The first-order valence-corrected chi connectivity index (χ1v) is 13.2. The number of thiazole rings is 1. The number of hydrogen-bond acceptors (Lipinski definition) is 8. The maximum Gasteiger partial charge on any atom is 0.277 e. The van der Waals surface area contributed by atoms with Crippen molar-refractivity contribution in [2.75, 3.05) is 48.9 Å². The van der Waals surface area contributed by atoms with E-state index < -0.39 is 0 Å². The van der Waals surface area contributed by atoms with Gasteiger partial charge in [-0.15, -0.1) is 11.3 Å². The van der Waals surface area contributed by atoms with Gasteiger partial charge in [0.15, 0.2) is 5.13 Å². The second kappa shape index (κ2) is 10.8. The Morgan fingerprint density at radius 1 is 1.23 bits per heavy atom. The molecule has 0 bridgehead atoms. The van der Waals surface area contributed by atoms with E-state index in [1.165, 1.54) is 0 Å². The van der Waals surface area contributed by atoms with E-state index in [1.54, 1.807) is 15.9 Å². The molecule has 1 aliphatic rings. The fourth-order valence-electron chi connectivity index (χ4n) is 4.68. The van der Waals surface area contributed by atoms with E-state index in [-0.39, 0.29) is 17.7 Å². The molecule has 0 aliphatic carbocycles. The van der Waals surface area contributed by atoms with Gasteiger partial charge in [-0.25, -0.2) is 9.97 Å². The van der Waals surface area contributed by atoms with E-state index in [0.717, 1.165) is 46.6 Å². The SMILES string of the molecule is CCOC1CN(c2nccs2)CC1Nc1c(CC)nc(-c2ccc(N(C)C)cc2C)n(CC)c1=O. The highest BCUT2D eigenvalue weighted by molar-refractivity contribution is 7.13. The summed E-state index contributed by atoms with van der Waals surface area (Å²) in [7, 11) is 4.05. The third-order valence-corrected chi connectivity index (χ3v) is 7.36. The number of ether oxygens (including phenoxy) is 1. The third kappa shape index (κ3) is 5.06. The van der Waals surface area contributed by atoms with Gasteiger partial charge in [0.1, 0.15) is 11.5 Å². The molecule has 0 amide bonds. The molecule has 2 atom stereocenters. The van der Waals surface area contributed by atoms with Gasteiger partial charge in [-0.2, -0.15) is 0 Å². The van der Waals surface area contributed by atoms with Crippen molar-refractivity contribution in [2.24, 2.45) is 0 Å². The van der Waals surface area contributed by atoms with Gasteiger partial charge in [0.2, 0.25) is 0 Å². The minimum absolute atomic E-state index is 0.0316. The maximum atomic E-state index is 13.8. The van der Waals surface area contributed by atoms with Crippen LogP contribution in [-0.2, 0) is 17.7 Å². The summed E-state index contributed by atoms with van der Waals surface area (Å²) in [5.74, 6) is 0.722. The van der Waals surface area contributed by atoms with Crippen LogP contribution in [-0.4, -0.2) is 60.5 Å². The highest BCUT2D eigenvalue weighted by Crippen LogP contribution is 2.29. The van der Waals surface area contributed by atoms with Crippen molar-refractivity contribution in [1.29, 1.82) is 0 Å². The lowest BCUT2D eigenvalue weighted by atomic mass is 10.1. The normalized spacial score (nSPS) is 17.7. The van der Waals surface area contributed by atoms with Crippen LogP contribution in [0.4, 0.5) is 16.5 Å². The Morgan fingerprint density at radius 3 is 2.63 bits per heavy atom. The number of rotatable bonds is 9. The standard InChI is InChI=1S/C26H36N6O2S/c1-7-20-23(28-21-15-31(16-22(21)34-9-3)26-27-12-13-35-26)25(33)32(8-2)24(29-20)19-11-10-18(30(5)6)14-17(19)4/h10-14,21-22,28H,7-9,15-16H2,1-6H3. The molecule has 0 radical (unpaired) electrons. The molecule has 8 nitrogen and oxygen atoms in total. The van der Waals surface area contributed by atoms with Crippen molar-refractivity contribution < 1.29 is 4.74 Å². The van der Waals surface area contributed by atoms with Gasteiger partial charge in [0.25, 0.3) is 5.56 Å². The Balaban J connectivity index is 1.72. The number of benzene rings is 1. The summed E-state index contributed by atoms with van der Waals surface area (Å²) < 4.78 is 7.84. The summed E-state index contributed by atoms with van der Waals surface area (Å²) in [6.07, 6.45) is 2.44. The Morgan fingerprint density at radius 2 is 2.03 bits per heavy atom. The minimum Gasteiger partial charge on any atom is -0.378 e. The van der Waals surface area contributed by atoms with Crippen LogP contribution >= 0.6 is 11.3 Å². The molecule has 35 heavy (non-hydrogen) atoms. The molecule has 9 heteroatoms. The van der Waals surface area contributed by atoms with Crippen molar-refractivity contribution >= 4 is 27.8 Å². The summed E-state index contributed by atoms with van der Waals surface area (Å²) in [6, 6.07) is 6.25. The van der Waals surface area contributed by atoms with Crippen LogP contribution in [0.1, 0.15) is 32.0 Å². The number of nitrogens with zero attached hydrogens (tertiary/aromatic N) is 5. The van der Waals surface area contributed by atoms with Gasteiger partial charge >= 0.3 is 0 Å². The molecule has 4 rings (SSSR count). The van der Waals surface area contributed by atoms with Crippen molar-refractivity contribution in [2.45, 2.75) is 52.8 Å². The zero-order valence-electron chi connectivity index (χ0n) is 21.5. The van der Waals surface area contributed by atoms with Gasteiger partial charge in [0, 0.05) is 63.2 Å². The van der Waals surface area contributed by atoms with Crippen molar-refractivity contribution in [3.8, 4) is 11.4 Å². The lowest BCUT2D eigenvalue weighted by Gasteiger charge is -2.23.